The van der Waals surface area contributed by atoms with Crippen molar-refractivity contribution in [2.45, 2.75) is 0 Å². The molecule has 2 aromatic carbocycles. The Morgan fingerprint density at radius 1 is 0.903 bits per heavy atom. The third kappa shape index (κ3) is 3.39. The standard InChI is InChI=1S/C25H18ClFN4/c26-19-14-18-21(15-9-12-29-13-10-15)24(16-5-7-17(27)8-6-16)31-25(18)22(23(19)28)20-4-2-1-3-11-30-20/h1-14,30-31H,28H2. The van der Waals surface area contributed by atoms with E-state index < -0.39 is 0 Å². The Balaban J connectivity index is 1.88. The number of halogens is 2. The lowest BCUT2D eigenvalue weighted by molar-refractivity contribution is 0.628. The maximum absolute atomic E-state index is 13.6. The minimum absolute atomic E-state index is 0.287. The molecule has 4 aromatic rings. The fourth-order valence-electron chi connectivity index (χ4n) is 3.86. The maximum Gasteiger partial charge on any atom is 0.123 e. The first-order valence-corrected chi connectivity index (χ1v) is 10.1. The fourth-order valence-corrected chi connectivity index (χ4v) is 4.06. The number of pyridine rings is 1. The Labute approximate surface area is 183 Å². The van der Waals surface area contributed by atoms with Gasteiger partial charge in [0.05, 0.1) is 21.9 Å². The molecule has 0 radical (unpaired) electrons. The molecule has 3 heterocycles. The van der Waals surface area contributed by atoms with Crippen molar-refractivity contribution in [1.82, 2.24) is 15.3 Å². The Morgan fingerprint density at radius 3 is 2.45 bits per heavy atom. The Bertz CT molecular complexity index is 1370. The predicted octanol–water partition coefficient (Wildman–Crippen LogP) is 6.29. The fraction of sp³-hybridized carbons (Fsp3) is 0. The van der Waals surface area contributed by atoms with Gasteiger partial charge in [0, 0.05) is 40.8 Å². The lowest BCUT2D eigenvalue weighted by Crippen LogP contribution is -2.07. The molecule has 1 aliphatic rings. The molecule has 0 saturated heterocycles. The molecule has 0 saturated carbocycles. The first-order chi connectivity index (χ1) is 15.1. The monoisotopic (exact) mass is 428 g/mol. The molecule has 5 rings (SSSR count). The molecule has 1 aliphatic heterocycles. The van der Waals surface area contributed by atoms with Crippen LogP contribution in [0.5, 0.6) is 0 Å². The van der Waals surface area contributed by atoms with Gasteiger partial charge in [-0.2, -0.15) is 0 Å². The number of nitrogens with zero attached hydrogens (tertiary/aromatic N) is 1. The number of H-pyrrole nitrogens is 1. The van der Waals surface area contributed by atoms with Crippen molar-refractivity contribution in [3.8, 4) is 22.4 Å². The van der Waals surface area contributed by atoms with Crippen LogP contribution in [0.1, 0.15) is 5.56 Å². The molecule has 0 fully saturated rings. The smallest absolute Gasteiger partial charge is 0.123 e. The maximum atomic E-state index is 13.6. The Hall–Kier alpha value is -3.83. The van der Waals surface area contributed by atoms with Gasteiger partial charge in [-0.1, -0.05) is 23.8 Å². The van der Waals surface area contributed by atoms with Crippen LogP contribution < -0.4 is 11.1 Å². The summed E-state index contributed by atoms with van der Waals surface area (Å²) in [6.45, 7) is 0. The zero-order valence-corrected chi connectivity index (χ0v) is 17.1. The number of benzene rings is 2. The third-order valence-electron chi connectivity index (χ3n) is 5.28. The number of fused-ring (bicyclic) bond motifs is 1. The van der Waals surface area contributed by atoms with E-state index in [-0.39, 0.29) is 5.82 Å². The highest BCUT2D eigenvalue weighted by atomic mass is 35.5. The summed E-state index contributed by atoms with van der Waals surface area (Å²) < 4.78 is 13.6. The van der Waals surface area contributed by atoms with E-state index in [1.807, 2.05) is 48.7 Å². The zero-order chi connectivity index (χ0) is 21.4. The van der Waals surface area contributed by atoms with Crippen LogP contribution >= 0.6 is 11.6 Å². The Kier molecular flexibility index (Phi) is 4.81. The summed E-state index contributed by atoms with van der Waals surface area (Å²) >= 11 is 6.60. The average Bonchev–Trinajstić information content (AvgIpc) is 2.96. The van der Waals surface area contributed by atoms with Crippen molar-refractivity contribution in [3.05, 3.63) is 102 Å². The second-order valence-electron chi connectivity index (χ2n) is 7.16. The number of nitrogens with one attached hydrogen (secondary N) is 2. The van der Waals surface area contributed by atoms with Crippen molar-refractivity contribution in [2.24, 2.45) is 0 Å². The molecule has 2 aromatic heterocycles. The first-order valence-electron chi connectivity index (χ1n) is 9.74. The summed E-state index contributed by atoms with van der Waals surface area (Å²) in [5, 5.41) is 4.65. The molecule has 4 N–H and O–H groups in total. The summed E-state index contributed by atoms with van der Waals surface area (Å²) in [6, 6.07) is 12.2. The minimum atomic E-state index is -0.287. The van der Waals surface area contributed by atoms with Gasteiger partial charge >= 0.3 is 0 Å². The molecule has 0 spiro atoms. The molecule has 0 amide bonds. The van der Waals surface area contributed by atoms with Crippen molar-refractivity contribution in [1.29, 1.82) is 0 Å². The molecule has 0 atom stereocenters. The van der Waals surface area contributed by atoms with E-state index in [2.05, 4.69) is 15.3 Å². The van der Waals surface area contributed by atoms with Gasteiger partial charge in [0.1, 0.15) is 5.82 Å². The SMILES string of the molecule is Nc1c(Cl)cc2c(-c3ccncc3)c(-c3ccc(F)cc3)[nH]c2c1C1=CC=CC=CN1. The number of hydrogen-bond donors (Lipinski definition) is 3. The van der Waals surface area contributed by atoms with Crippen LogP contribution in [-0.2, 0) is 0 Å². The molecule has 152 valence electrons. The summed E-state index contributed by atoms with van der Waals surface area (Å²) in [6.07, 6.45) is 13.1. The van der Waals surface area contributed by atoms with Crippen LogP contribution in [0.4, 0.5) is 10.1 Å². The number of nitrogen functional groups attached to an aromatic ring is 1. The summed E-state index contributed by atoms with van der Waals surface area (Å²) in [5.41, 5.74) is 13.0. The van der Waals surface area contributed by atoms with E-state index in [1.165, 1.54) is 12.1 Å². The molecule has 0 unspecified atom stereocenters. The normalized spacial score (nSPS) is 13.2. The quantitative estimate of drug-likeness (QED) is 0.336. The number of rotatable bonds is 3. The molecular weight excluding hydrogens is 411 g/mol. The van der Waals surface area contributed by atoms with E-state index in [1.54, 1.807) is 24.5 Å². The van der Waals surface area contributed by atoms with Crippen LogP contribution in [0.15, 0.2) is 85.4 Å². The van der Waals surface area contributed by atoms with Crippen molar-refractivity contribution in [3.63, 3.8) is 0 Å². The van der Waals surface area contributed by atoms with E-state index in [9.17, 15) is 4.39 Å². The second kappa shape index (κ2) is 7.78. The van der Waals surface area contributed by atoms with Gasteiger partial charge in [0.2, 0.25) is 0 Å². The van der Waals surface area contributed by atoms with Gasteiger partial charge in [-0.3, -0.25) is 4.98 Å². The highest BCUT2D eigenvalue weighted by molar-refractivity contribution is 6.35. The van der Waals surface area contributed by atoms with Gasteiger partial charge in [0.25, 0.3) is 0 Å². The molecule has 0 bridgehead atoms. The van der Waals surface area contributed by atoms with Crippen molar-refractivity contribution in [2.75, 3.05) is 5.73 Å². The highest BCUT2D eigenvalue weighted by Crippen LogP contribution is 2.44. The van der Waals surface area contributed by atoms with Crippen LogP contribution in [0.25, 0.3) is 39.0 Å². The largest absolute Gasteiger partial charge is 0.397 e. The number of allylic oxidation sites excluding steroid dienone is 4. The highest BCUT2D eigenvalue weighted by Gasteiger charge is 2.22. The number of aromatic nitrogens is 2. The molecule has 6 heteroatoms. The molecule has 4 nitrogen and oxygen atoms in total. The topological polar surface area (TPSA) is 66.7 Å². The van der Waals surface area contributed by atoms with Crippen LogP contribution in [0, 0.1) is 5.82 Å². The van der Waals surface area contributed by atoms with E-state index in [4.69, 9.17) is 17.3 Å². The number of nitrogens with two attached hydrogens (primary N) is 1. The predicted molar refractivity (Wildman–Crippen MR) is 126 cm³/mol. The van der Waals surface area contributed by atoms with E-state index in [0.717, 1.165) is 44.5 Å². The average molecular weight is 429 g/mol. The van der Waals surface area contributed by atoms with Crippen LogP contribution in [0.3, 0.4) is 0 Å². The number of anilines is 1. The number of hydrogen-bond acceptors (Lipinski definition) is 3. The Morgan fingerprint density at radius 2 is 1.68 bits per heavy atom. The van der Waals surface area contributed by atoms with E-state index >= 15 is 0 Å². The van der Waals surface area contributed by atoms with Crippen molar-refractivity contribution < 1.29 is 4.39 Å². The summed E-state index contributed by atoms with van der Waals surface area (Å²) in [5.74, 6) is -0.287. The molecule has 31 heavy (non-hydrogen) atoms. The van der Waals surface area contributed by atoms with Crippen LogP contribution in [0.2, 0.25) is 5.02 Å². The van der Waals surface area contributed by atoms with Gasteiger partial charge in [-0.25, -0.2) is 4.39 Å². The van der Waals surface area contributed by atoms with Crippen molar-refractivity contribution >= 4 is 33.9 Å². The van der Waals surface area contributed by atoms with Gasteiger partial charge in [-0.05, 0) is 65.7 Å². The van der Waals surface area contributed by atoms with Gasteiger partial charge in [-0.15, -0.1) is 0 Å². The molecule has 0 aliphatic carbocycles. The minimum Gasteiger partial charge on any atom is -0.397 e. The third-order valence-corrected chi connectivity index (χ3v) is 5.59. The second-order valence-corrected chi connectivity index (χ2v) is 7.56. The summed E-state index contributed by atoms with van der Waals surface area (Å²) in [7, 11) is 0. The van der Waals surface area contributed by atoms with Gasteiger partial charge < -0.3 is 16.0 Å². The van der Waals surface area contributed by atoms with E-state index in [0.29, 0.717) is 10.7 Å². The van der Waals surface area contributed by atoms with Gasteiger partial charge in [0.15, 0.2) is 0 Å². The number of aromatic amines is 1. The van der Waals surface area contributed by atoms with Crippen LogP contribution in [-0.4, -0.2) is 9.97 Å². The summed E-state index contributed by atoms with van der Waals surface area (Å²) in [4.78, 5) is 7.68. The zero-order valence-electron chi connectivity index (χ0n) is 16.4. The lowest BCUT2D eigenvalue weighted by atomic mass is 9.97. The lowest BCUT2D eigenvalue weighted by Gasteiger charge is -2.13. The first kappa shape index (κ1) is 19.2. The molecular formula is C25H18ClFN4.